The Morgan fingerprint density at radius 3 is 2.42 bits per heavy atom. The van der Waals surface area contributed by atoms with Gasteiger partial charge >= 0.3 is 12.0 Å². The molecule has 0 saturated heterocycles. The molecular formula is C20H24N2O4. The van der Waals surface area contributed by atoms with Crippen molar-refractivity contribution in [2.45, 2.75) is 19.4 Å². The number of rotatable bonds is 7. The molecule has 6 nitrogen and oxygen atoms in total. The van der Waals surface area contributed by atoms with Crippen molar-refractivity contribution in [2.24, 2.45) is 0 Å². The number of para-hydroxylation sites is 1. The molecule has 0 fully saturated rings. The van der Waals surface area contributed by atoms with Crippen LogP contribution in [0, 0.1) is 0 Å². The SMILES string of the molecule is COc1ccccc1-c1ccc(C(C)NC(=O)N(C)CCC(=O)O)cc1. The Hall–Kier alpha value is -3.02. The van der Waals surface area contributed by atoms with Crippen molar-refractivity contribution < 1.29 is 19.4 Å². The lowest BCUT2D eigenvalue weighted by atomic mass is 10.0. The fourth-order valence-electron chi connectivity index (χ4n) is 2.58. The molecule has 0 aliphatic rings. The first-order chi connectivity index (χ1) is 12.4. The molecule has 1 atom stereocenters. The van der Waals surface area contributed by atoms with E-state index in [1.54, 1.807) is 14.2 Å². The quantitative estimate of drug-likeness (QED) is 0.795. The van der Waals surface area contributed by atoms with Crippen molar-refractivity contribution in [1.29, 1.82) is 0 Å². The van der Waals surface area contributed by atoms with Gasteiger partial charge in [0, 0.05) is 19.2 Å². The molecule has 2 amide bonds. The number of carbonyl (C=O) groups excluding carboxylic acids is 1. The number of carboxylic acids is 1. The maximum Gasteiger partial charge on any atom is 0.317 e. The first-order valence-corrected chi connectivity index (χ1v) is 8.39. The highest BCUT2D eigenvalue weighted by Crippen LogP contribution is 2.30. The topological polar surface area (TPSA) is 78.9 Å². The maximum absolute atomic E-state index is 12.1. The number of ether oxygens (including phenoxy) is 1. The first-order valence-electron chi connectivity index (χ1n) is 8.39. The molecule has 0 aliphatic carbocycles. The standard InChI is InChI=1S/C20H24N2O4/c1-14(21-20(25)22(2)13-12-19(23)24)15-8-10-16(11-9-15)17-6-4-5-7-18(17)26-3/h4-11,14H,12-13H2,1-3H3,(H,21,25)(H,23,24). The number of carbonyl (C=O) groups is 2. The molecule has 2 aromatic carbocycles. The lowest BCUT2D eigenvalue weighted by Gasteiger charge is -2.21. The number of carboxylic acid groups (broad SMARTS) is 1. The third-order valence-electron chi connectivity index (χ3n) is 4.18. The highest BCUT2D eigenvalue weighted by Gasteiger charge is 2.14. The summed E-state index contributed by atoms with van der Waals surface area (Å²) in [5, 5.41) is 11.6. The summed E-state index contributed by atoms with van der Waals surface area (Å²) in [5.41, 5.74) is 3.00. The number of nitrogens with zero attached hydrogens (tertiary/aromatic N) is 1. The van der Waals surface area contributed by atoms with Crippen LogP contribution in [-0.4, -0.2) is 42.7 Å². The Balaban J connectivity index is 2.03. The van der Waals surface area contributed by atoms with E-state index in [1.165, 1.54) is 4.90 Å². The summed E-state index contributed by atoms with van der Waals surface area (Å²) in [7, 11) is 3.22. The second kappa shape index (κ2) is 8.89. The molecule has 26 heavy (non-hydrogen) atoms. The van der Waals surface area contributed by atoms with E-state index >= 15 is 0 Å². The van der Waals surface area contributed by atoms with E-state index in [9.17, 15) is 9.59 Å². The van der Waals surface area contributed by atoms with Crippen LogP contribution in [0.15, 0.2) is 48.5 Å². The van der Waals surface area contributed by atoms with Crippen LogP contribution in [0.1, 0.15) is 24.9 Å². The number of nitrogens with one attached hydrogen (secondary N) is 1. The highest BCUT2D eigenvalue weighted by atomic mass is 16.5. The molecule has 0 aliphatic heterocycles. The molecular weight excluding hydrogens is 332 g/mol. The average Bonchev–Trinajstić information content (AvgIpc) is 2.65. The number of amides is 2. The predicted molar refractivity (Wildman–Crippen MR) is 100 cm³/mol. The van der Waals surface area contributed by atoms with Crippen LogP contribution >= 0.6 is 0 Å². The molecule has 0 spiro atoms. The Labute approximate surface area is 153 Å². The molecule has 1 unspecified atom stereocenters. The molecule has 0 heterocycles. The van der Waals surface area contributed by atoms with E-state index in [0.29, 0.717) is 0 Å². The number of hydrogen-bond donors (Lipinski definition) is 2. The molecule has 6 heteroatoms. The second-order valence-electron chi connectivity index (χ2n) is 6.06. The van der Waals surface area contributed by atoms with Gasteiger partial charge in [0.1, 0.15) is 5.75 Å². The molecule has 0 bridgehead atoms. The maximum atomic E-state index is 12.1. The Bertz CT molecular complexity index is 759. The minimum Gasteiger partial charge on any atom is -0.496 e. The van der Waals surface area contributed by atoms with E-state index in [0.717, 1.165) is 22.4 Å². The van der Waals surface area contributed by atoms with Crippen molar-refractivity contribution >= 4 is 12.0 Å². The summed E-state index contributed by atoms with van der Waals surface area (Å²) >= 11 is 0. The zero-order valence-electron chi connectivity index (χ0n) is 15.2. The summed E-state index contributed by atoms with van der Waals surface area (Å²) in [4.78, 5) is 24.1. The lowest BCUT2D eigenvalue weighted by Crippen LogP contribution is -2.39. The predicted octanol–water partition coefficient (Wildman–Crippen LogP) is 3.54. The summed E-state index contributed by atoms with van der Waals surface area (Å²) in [5.74, 6) is -0.119. The van der Waals surface area contributed by atoms with E-state index < -0.39 is 5.97 Å². The number of aliphatic carboxylic acids is 1. The molecule has 2 aromatic rings. The third-order valence-corrected chi connectivity index (χ3v) is 4.18. The number of urea groups is 1. The van der Waals surface area contributed by atoms with Gasteiger partial charge in [-0.25, -0.2) is 4.79 Å². The van der Waals surface area contributed by atoms with E-state index in [4.69, 9.17) is 9.84 Å². The van der Waals surface area contributed by atoms with Crippen LogP contribution in [0.4, 0.5) is 4.79 Å². The normalized spacial score (nSPS) is 11.5. The molecule has 2 rings (SSSR count). The van der Waals surface area contributed by atoms with Crippen molar-refractivity contribution in [2.75, 3.05) is 20.7 Å². The highest BCUT2D eigenvalue weighted by molar-refractivity contribution is 5.75. The van der Waals surface area contributed by atoms with Crippen molar-refractivity contribution in [3.63, 3.8) is 0 Å². The van der Waals surface area contributed by atoms with Crippen LogP contribution in [0.3, 0.4) is 0 Å². The Morgan fingerprint density at radius 1 is 1.15 bits per heavy atom. The van der Waals surface area contributed by atoms with E-state index in [2.05, 4.69) is 5.32 Å². The number of methoxy groups -OCH3 is 1. The minimum absolute atomic E-state index is 0.0775. The fraction of sp³-hybridized carbons (Fsp3) is 0.300. The average molecular weight is 356 g/mol. The largest absolute Gasteiger partial charge is 0.496 e. The molecule has 0 aromatic heterocycles. The van der Waals surface area contributed by atoms with Gasteiger partial charge in [-0.3, -0.25) is 4.79 Å². The van der Waals surface area contributed by atoms with Gasteiger partial charge in [-0.05, 0) is 24.1 Å². The molecule has 0 radical (unpaired) electrons. The van der Waals surface area contributed by atoms with Crippen molar-refractivity contribution in [1.82, 2.24) is 10.2 Å². The van der Waals surface area contributed by atoms with Crippen LogP contribution in [0.25, 0.3) is 11.1 Å². The van der Waals surface area contributed by atoms with Gasteiger partial charge in [0.25, 0.3) is 0 Å². The van der Waals surface area contributed by atoms with Crippen molar-refractivity contribution in [3.8, 4) is 16.9 Å². The van der Waals surface area contributed by atoms with Crippen LogP contribution < -0.4 is 10.1 Å². The van der Waals surface area contributed by atoms with Crippen LogP contribution in [-0.2, 0) is 4.79 Å². The summed E-state index contributed by atoms with van der Waals surface area (Å²) < 4.78 is 5.39. The lowest BCUT2D eigenvalue weighted by molar-refractivity contribution is -0.137. The van der Waals surface area contributed by atoms with Gasteiger partial charge in [0.05, 0.1) is 19.6 Å². The van der Waals surface area contributed by atoms with Gasteiger partial charge in [-0.2, -0.15) is 0 Å². The van der Waals surface area contributed by atoms with Gasteiger partial charge in [0.15, 0.2) is 0 Å². The van der Waals surface area contributed by atoms with Gasteiger partial charge in [0.2, 0.25) is 0 Å². The second-order valence-corrected chi connectivity index (χ2v) is 6.06. The van der Waals surface area contributed by atoms with Crippen LogP contribution in [0.5, 0.6) is 5.75 Å². The van der Waals surface area contributed by atoms with Gasteiger partial charge in [-0.15, -0.1) is 0 Å². The Morgan fingerprint density at radius 2 is 1.81 bits per heavy atom. The minimum atomic E-state index is -0.926. The van der Waals surface area contributed by atoms with Gasteiger partial charge in [-0.1, -0.05) is 42.5 Å². The molecule has 138 valence electrons. The number of hydrogen-bond acceptors (Lipinski definition) is 3. The summed E-state index contributed by atoms with van der Waals surface area (Å²) in [6, 6.07) is 15.2. The molecule has 2 N–H and O–H groups in total. The number of benzene rings is 2. The van der Waals surface area contributed by atoms with Gasteiger partial charge < -0.3 is 20.1 Å². The van der Waals surface area contributed by atoms with Crippen LogP contribution in [0.2, 0.25) is 0 Å². The smallest absolute Gasteiger partial charge is 0.317 e. The zero-order valence-corrected chi connectivity index (χ0v) is 15.2. The Kier molecular flexibility index (Phi) is 6.60. The monoisotopic (exact) mass is 356 g/mol. The van der Waals surface area contributed by atoms with E-state index in [1.807, 2.05) is 55.5 Å². The summed E-state index contributed by atoms with van der Waals surface area (Å²) in [6.45, 7) is 2.06. The summed E-state index contributed by atoms with van der Waals surface area (Å²) in [6.07, 6.45) is -0.0775. The van der Waals surface area contributed by atoms with Crippen molar-refractivity contribution in [3.05, 3.63) is 54.1 Å². The van der Waals surface area contributed by atoms with E-state index in [-0.39, 0.29) is 25.0 Å². The fourth-order valence-corrected chi connectivity index (χ4v) is 2.58. The third kappa shape index (κ3) is 4.99. The molecule has 0 saturated carbocycles. The first kappa shape index (κ1) is 19.3. The zero-order chi connectivity index (χ0) is 19.1.